The third-order valence-corrected chi connectivity index (χ3v) is 5.91. The topological polar surface area (TPSA) is 94.6 Å². The lowest BCUT2D eigenvalue weighted by Crippen LogP contribution is -2.22. The molecule has 148 valence electrons. The predicted octanol–water partition coefficient (Wildman–Crippen LogP) is 3.91. The van der Waals surface area contributed by atoms with Gasteiger partial charge in [0, 0.05) is 11.1 Å². The Hall–Kier alpha value is -2.16. The molecular weight excluding hydrogens is 427 g/mol. The number of anilines is 1. The van der Waals surface area contributed by atoms with Crippen LogP contribution in [0.2, 0.25) is 10.2 Å². The molecule has 2 aromatic heterocycles. The van der Waals surface area contributed by atoms with E-state index in [1.165, 1.54) is 23.6 Å². The lowest BCUT2D eigenvalue weighted by molar-refractivity contribution is -0.119. The number of esters is 2. The number of thiophene rings is 1. The molecule has 0 aliphatic heterocycles. The minimum Gasteiger partial charge on any atom is -0.462 e. The highest BCUT2D eigenvalue weighted by atomic mass is 35.5. The number of fused-ring (bicyclic) bond motifs is 1. The van der Waals surface area contributed by atoms with E-state index in [1.807, 2.05) is 0 Å². The van der Waals surface area contributed by atoms with E-state index >= 15 is 0 Å². The third kappa shape index (κ3) is 4.45. The van der Waals surface area contributed by atoms with Gasteiger partial charge >= 0.3 is 11.9 Å². The van der Waals surface area contributed by atoms with Crippen molar-refractivity contribution in [3.05, 3.63) is 44.0 Å². The van der Waals surface area contributed by atoms with Crippen LogP contribution >= 0.6 is 34.5 Å². The van der Waals surface area contributed by atoms with Gasteiger partial charge in [0.15, 0.2) is 6.61 Å². The molecule has 0 atom stereocenters. The highest BCUT2D eigenvalue weighted by Gasteiger charge is 2.28. The van der Waals surface area contributed by atoms with Gasteiger partial charge in [-0.05, 0) is 37.8 Å². The molecule has 1 amide bonds. The van der Waals surface area contributed by atoms with Crippen LogP contribution in [0.3, 0.4) is 0 Å². The quantitative estimate of drug-likeness (QED) is 0.538. The van der Waals surface area contributed by atoms with Gasteiger partial charge in [-0.25, -0.2) is 14.6 Å². The smallest absolute Gasteiger partial charge is 0.341 e. The first-order valence-corrected chi connectivity index (χ1v) is 10.1. The van der Waals surface area contributed by atoms with Crippen LogP contribution in [0.5, 0.6) is 0 Å². The minimum atomic E-state index is -0.763. The molecule has 0 saturated heterocycles. The van der Waals surface area contributed by atoms with Crippen molar-refractivity contribution >= 4 is 57.4 Å². The van der Waals surface area contributed by atoms with E-state index in [1.54, 1.807) is 6.92 Å². The van der Waals surface area contributed by atoms with Crippen molar-refractivity contribution in [2.75, 3.05) is 18.5 Å². The highest BCUT2D eigenvalue weighted by molar-refractivity contribution is 7.17. The number of carbonyl (C=O) groups is 3. The fraction of sp³-hybridized carbons (Fsp3) is 0.333. The maximum Gasteiger partial charge on any atom is 0.341 e. The molecule has 0 radical (unpaired) electrons. The number of rotatable bonds is 6. The zero-order valence-electron chi connectivity index (χ0n) is 14.8. The highest BCUT2D eigenvalue weighted by Crippen LogP contribution is 2.39. The SMILES string of the molecule is CCOC(=O)c1c(NC(=O)COC(=O)c2cnc(Cl)c(Cl)c2)sc2c1CCC2. The fourth-order valence-electron chi connectivity index (χ4n) is 2.82. The molecule has 0 bridgehead atoms. The fourth-order valence-corrected chi connectivity index (χ4v) is 4.38. The van der Waals surface area contributed by atoms with Gasteiger partial charge in [-0.3, -0.25) is 4.79 Å². The van der Waals surface area contributed by atoms with E-state index in [4.69, 9.17) is 32.7 Å². The molecule has 1 N–H and O–H groups in total. The molecule has 0 spiro atoms. The summed E-state index contributed by atoms with van der Waals surface area (Å²) in [5, 5.41) is 3.23. The second kappa shape index (κ2) is 8.89. The Morgan fingerprint density at radius 3 is 2.71 bits per heavy atom. The predicted molar refractivity (Wildman–Crippen MR) is 105 cm³/mol. The zero-order chi connectivity index (χ0) is 20.3. The number of carbonyl (C=O) groups excluding carboxylic acids is 3. The van der Waals surface area contributed by atoms with Crippen LogP contribution in [0.15, 0.2) is 12.3 Å². The van der Waals surface area contributed by atoms with Gasteiger partial charge in [0.25, 0.3) is 5.91 Å². The van der Waals surface area contributed by atoms with Crippen molar-refractivity contribution in [3.63, 3.8) is 0 Å². The van der Waals surface area contributed by atoms with Gasteiger partial charge in [0.05, 0.1) is 22.8 Å². The van der Waals surface area contributed by atoms with Crippen LogP contribution in [-0.4, -0.2) is 36.0 Å². The maximum absolute atomic E-state index is 12.3. The maximum atomic E-state index is 12.3. The van der Waals surface area contributed by atoms with E-state index in [2.05, 4.69) is 10.3 Å². The summed E-state index contributed by atoms with van der Waals surface area (Å²) < 4.78 is 10.1. The summed E-state index contributed by atoms with van der Waals surface area (Å²) in [5.74, 6) is -1.79. The number of halogens is 2. The molecule has 0 aromatic carbocycles. The summed E-state index contributed by atoms with van der Waals surface area (Å²) in [7, 11) is 0. The zero-order valence-corrected chi connectivity index (χ0v) is 17.2. The lowest BCUT2D eigenvalue weighted by atomic mass is 10.1. The molecule has 0 fully saturated rings. The van der Waals surface area contributed by atoms with Gasteiger partial charge < -0.3 is 14.8 Å². The van der Waals surface area contributed by atoms with E-state index in [0.29, 0.717) is 10.6 Å². The monoisotopic (exact) mass is 442 g/mol. The van der Waals surface area contributed by atoms with Gasteiger partial charge in [0.1, 0.15) is 10.2 Å². The van der Waals surface area contributed by atoms with Crippen LogP contribution in [0.25, 0.3) is 0 Å². The van der Waals surface area contributed by atoms with Crippen LogP contribution in [-0.2, 0) is 27.1 Å². The largest absolute Gasteiger partial charge is 0.462 e. The van der Waals surface area contributed by atoms with Crippen molar-refractivity contribution in [1.29, 1.82) is 0 Å². The molecule has 2 aromatic rings. The molecule has 3 rings (SSSR count). The standard InChI is InChI=1S/C18H16Cl2N2O5S/c1-2-26-18(25)14-10-4-3-5-12(10)28-16(14)22-13(23)8-27-17(24)9-6-11(19)15(20)21-7-9/h6-7H,2-5,8H2,1H3,(H,22,23). The molecule has 2 heterocycles. The first-order chi connectivity index (χ1) is 13.4. The average Bonchev–Trinajstić information content (AvgIpc) is 3.22. The minimum absolute atomic E-state index is 0.0631. The Labute approximate surface area is 174 Å². The number of aryl methyl sites for hydroxylation is 1. The van der Waals surface area contributed by atoms with Crippen molar-refractivity contribution in [1.82, 2.24) is 4.98 Å². The summed E-state index contributed by atoms with van der Waals surface area (Å²) in [4.78, 5) is 41.4. The second-order valence-corrected chi connectivity index (χ2v) is 7.77. The summed E-state index contributed by atoms with van der Waals surface area (Å²) in [6.07, 6.45) is 3.81. The van der Waals surface area contributed by atoms with Crippen molar-refractivity contribution in [2.45, 2.75) is 26.2 Å². The number of pyridine rings is 1. The van der Waals surface area contributed by atoms with Crippen molar-refractivity contribution < 1.29 is 23.9 Å². The normalized spacial score (nSPS) is 12.4. The Balaban J connectivity index is 1.66. The molecule has 0 unspecified atom stereocenters. The molecular formula is C18H16Cl2N2O5S. The average molecular weight is 443 g/mol. The summed E-state index contributed by atoms with van der Waals surface area (Å²) in [6, 6.07) is 1.31. The number of nitrogens with one attached hydrogen (secondary N) is 1. The molecule has 7 nitrogen and oxygen atoms in total. The van der Waals surface area contributed by atoms with Gasteiger partial charge in [-0.2, -0.15) is 0 Å². The van der Waals surface area contributed by atoms with E-state index in [-0.39, 0.29) is 22.3 Å². The van der Waals surface area contributed by atoms with Crippen molar-refractivity contribution in [2.24, 2.45) is 0 Å². The summed E-state index contributed by atoms with van der Waals surface area (Å²) in [6.45, 7) is 1.44. The molecule has 1 aliphatic rings. The lowest BCUT2D eigenvalue weighted by Gasteiger charge is -2.08. The number of nitrogens with zero attached hydrogens (tertiary/aromatic N) is 1. The van der Waals surface area contributed by atoms with E-state index < -0.39 is 24.5 Å². The molecule has 28 heavy (non-hydrogen) atoms. The van der Waals surface area contributed by atoms with Crippen LogP contribution < -0.4 is 5.32 Å². The van der Waals surface area contributed by atoms with Gasteiger partial charge in [-0.1, -0.05) is 23.2 Å². The summed E-state index contributed by atoms with van der Waals surface area (Å²) in [5.41, 5.74) is 1.40. The molecule has 1 aliphatic carbocycles. The Morgan fingerprint density at radius 2 is 2.00 bits per heavy atom. The Morgan fingerprint density at radius 1 is 1.21 bits per heavy atom. The van der Waals surface area contributed by atoms with Gasteiger partial charge in [-0.15, -0.1) is 11.3 Å². The number of amides is 1. The molecule has 10 heteroatoms. The van der Waals surface area contributed by atoms with Crippen LogP contribution in [0.1, 0.15) is 44.5 Å². The first kappa shape index (κ1) is 20.6. The summed E-state index contributed by atoms with van der Waals surface area (Å²) >= 11 is 12.9. The first-order valence-electron chi connectivity index (χ1n) is 8.50. The van der Waals surface area contributed by atoms with Gasteiger partial charge in [0.2, 0.25) is 0 Å². The number of hydrogen-bond donors (Lipinski definition) is 1. The second-order valence-electron chi connectivity index (χ2n) is 5.90. The Bertz CT molecular complexity index is 944. The van der Waals surface area contributed by atoms with E-state index in [9.17, 15) is 14.4 Å². The number of hydrogen-bond acceptors (Lipinski definition) is 7. The molecule has 0 saturated carbocycles. The number of aromatic nitrogens is 1. The van der Waals surface area contributed by atoms with Crippen molar-refractivity contribution in [3.8, 4) is 0 Å². The van der Waals surface area contributed by atoms with Crippen LogP contribution in [0, 0.1) is 0 Å². The third-order valence-electron chi connectivity index (χ3n) is 4.02. The van der Waals surface area contributed by atoms with E-state index in [0.717, 1.165) is 29.7 Å². The Kier molecular flexibility index (Phi) is 6.53. The number of ether oxygens (including phenoxy) is 2. The van der Waals surface area contributed by atoms with Crippen LogP contribution in [0.4, 0.5) is 5.00 Å².